The summed E-state index contributed by atoms with van der Waals surface area (Å²) in [4.78, 5) is 83.3. The van der Waals surface area contributed by atoms with Crippen LogP contribution in [-0.4, -0.2) is 125 Å². The van der Waals surface area contributed by atoms with Crippen molar-refractivity contribution in [3.63, 3.8) is 0 Å². The van der Waals surface area contributed by atoms with Gasteiger partial charge < -0.3 is 10.4 Å². The Morgan fingerprint density at radius 1 is 0.671 bits per heavy atom. The number of aromatic nitrogens is 2. The summed E-state index contributed by atoms with van der Waals surface area (Å²) in [7, 11) is 2.61. The number of rotatable bonds is 24. The second kappa shape index (κ2) is 26.6. The molecule has 15 nitrogen and oxygen atoms in total. The SMILES string of the molecule is Cc1ncsc1-c1ccc(CNC(=O)[C@H]2C[C@H](O)CN2C(=O)[C@@H](CSSC[C@H](NC(=O)CCC(C)C)C(=O)N2C[C@H](O)C[C@H]2C(=O)NCc2ccc(-c3scnc3C)cc2)N[C](=[Co])CCC(C)C)cc1. The second-order valence-electron chi connectivity index (χ2n) is 18.8. The van der Waals surface area contributed by atoms with Gasteiger partial charge in [-0.25, -0.2) is 9.97 Å². The number of nitrogens with one attached hydrogen (secondary N) is 4. The van der Waals surface area contributed by atoms with Crippen LogP contribution < -0.4 is 21.3 Å². The first-order valence-electron chi connectivity index (χ1n) is 23.8. The summed E-state index contributed by atoms with van der Waals surface area (Å²) in [5.41, 5.74) is 9.35. The van der Waals surface area contributed by atoms with Crippen LogP contribution in [-0.2, 0) is 52.4 Å². The van der Waals surface area contributed by atoms with Crippen LogP contribution in [0.2, 0.25) is 0 Å². The third-order valence-corrected chi connectivity index (χ3v) is 17.1. The molecule has 2 saturated heterocycles. The zero-order chi connectivity index (χ0) is 50.5. The van der Waals surface area contributed by atoms with Crippen molar-refractivity contribution in [1.82, 2.24) is 41.0 Å². The van der Waals surface area contributed by atoms with Crippen molar-refractivity contribution in [2.45, 2.75) is 130 Å². The predicted molar refractivity (Wildman–Crippen MR) is 277 cm³/mol. The quantitative estimate of drug-likeness (QED) is 0.0365. The molecule has 0 unspecified atom stereocenters. The molecule has 0 spiro atoms. The van der Waals surface area contributed by atoms with E-state index in [1.54, 1.807) is 28.2 Å². The molecule has 2 fully saturated rings. The first-order valence-corrected chi connectivity index (χ1v) is 28.5. The van der Waals surface area contributed by atoms with Gasteiger partial charge in [-0.2, -0.15) is 0 Å². The molecule has 6 N–H and O–H groups in total. The first kappa shape index (κ1) is 55.3. The van der Waals surface area contributed by atoms with E-state index in [4.69, 9.17) is 15.3 Å². The van der Waals surface area contributed by atoms with Crippen LogP contribution in [0.4, 0.5) is 0 Å². The molecule has 5 amide bonds. The number of aliphatic hydroxyl groups excluding tert-OH is 2. The van der Waals surface area contributed by atoms with E-state index >= 15 is 0 Å². The van der Waals surface area contributed by atoms with Crippen LogP contribution in [0.5, 0.6) is 0 Å². The van der Waals surface area contributed by atoms with Crippen molar-refractivity contribution < 1.29 is 49.5 Å². The van der Waals surface area contributed by atoms with Gasteiger partial charge in [-0.1, -0.05) is 38.1 Å². The van der Waals surface area contributed by atoms with E-state index in [1.807, 2.05) is 81.7 Å². The molecule has 2 aliphatic heterocycles. The van der Waals surface area contributed by atoms with Gasteiger partial charge in [-0.05, 0) is 36.5 Å². The molecule has 6 atom stereocenters. The maximum atomic E-state index is 14.5. The monoisotopic (exact) mass is 1080 g/mol. The molecule has 6 rings (SSSR count). The molecule has 0 bridgehead atoms. The van der Waals surface area contributed by atoms with E-state index in [1.165, 1.54) is 31.4 Å². The van der Waals surface area contributed by atoms with Crippen LogP contribution in [0.1, 0.15) is 88.7 Å². The van der Waals surface area contributed by atoms with Gasteiger partial charge in [-0.3, -0.25) is 4.79 Å². The standard InChI is InChI=1S/C50H66N8O7S4.Co/c1-30(2)8-7-19-51-40(49(64)57-24-38(59)20-42(57)47(62)52-22-34-10-14-36(15-11-34)45-32(5)54-28-66-45)26-68-69-27-41(56-44(61)18-9-31(3)4)50(65)58-25-39(60)21-43(58)48(63)53-23-35-12-16-37(17-13-35)46-33(6)55-29-67-46;/h10-17,28-31,38-43,51,59-60H,7-9,18,20-27H2,1-6H3,(H,52,62)(H,53,63)(H,56,61);/t38-,39+,40+,41-,42+,43-;/m0./s1. The average Bonchev–Trinajstić information content (AvgIpc) is 4.16. The van der Waals surface area contributed by atoms with Crippen molar-refractivity contribution in [2.24, 2.45) is 11.8 Å². The van der Waals surface area contributed by atoms with Gasteiger partial charge >= 0.3 is 277 Å². The maximum absolute atomic E-state index is 14.5. The van der Waals surface area contributed by atoms with E-state index < -0.39 is 48.2 Å². The van der Waals surface area contributed by atoms with E-state index in [-0.39, 0.29) is 80.6 Å². The van der Waals surface area contributed by atoms with Crippen LogP contribution >= 0.6 is 44.3 Å². The molecule has 70 heavy (non-hydrogen) atoms. The number of hydrogen-bond acceptors (Lipinski definition) is 14. The van der Waals surface area contributed by atoms with Gasteiger partial charge in [0.25, 0.3) is 0 Å². The number of carbonyl (C=O) groups is 5. The van der Waals surface area contributed by atoms with Crippen molar-refractivity contribution in [1.29, 1.82) is 0 Å². The molecule has 0 radical (unpaired) electrons. The molecule has 2 aromatic heterocycles. The van der Waals surface area contributed by atoms with E-state index in [0.29, 0.717) is 23.3 Å². The first-order chi connectivity index (χ1) is 33.5. The molecule has 4 heterocycles. The molecular weight excluding hydrogens is 1010 g/mol. The molecule has 20 heteroatoms. The Morgan fingerprint density at radius 2 is 1.09 bits per heavy atom. The van der Waals surface area contributed by atoms with Crippen LogP contribution in [0.15, 0.2) is 59.6 Å². The number of aryl methyl sites for hydroxylation is 2. The van der Waals surface area contributed by atoms with Crippen molar-refractivity contribution in [3.8, 4) is 20.9 Å². The number of thiazole rings is 2. The Balaban J connectivity index is 1.10. The fourth-order valence-corrected chi connectivity index (χ4v) is 12.5. The molecule has 381 valence electrons. The summed E-state index contributed by atoms with van der Waals surface area (Å²) >= 11 is 7.91. The Bertz CT molecular complexity index is 2250. The molecule has 0 saturated carbocycles. The average molecular weight is 1080 g/mol. The number of hydrogen-bond donors (Lipinski definition) is 6. The zero-order valence-electron chi connectivity index (χ0n) is 40.6. The van der Waals surface area contributed by atoms with E-state index in [2.05, 4.69) is 45.1 Å². The summed E-state index contributed by atoms with van der Waals surface area (Å²) in [6.07, 6.45) is 0.575. The fourth-order valence-electron chi connectivity index (χ4n) is 8.26. The number of likely N-dealkylation sites (tertiary alicyclic amines) is 2. The predicted octanol–water partition coefficient (Wildman–Crippen LogP) is 5.78. The number of β-amino-alcohol motifs (C(OH)–C–C–N with tert-alkyl or cyclic N) is 2. The molecular formula is C50H66CoN8O7S4. The Labute approximate surface area is 435 Å². The molecule has 4 aromatic rings. The molecule has 2 aromatic carbocycles. The molecule has 2 aliphatic rings. The van der Waals surface area contributed by atoms with Gasteiger partial charge in [-0.15, -0.1) is 22.7 Å². The van der Waals surface area contributed by atoms with E-state index in [0.717, 1.165) is 49.8 Å². The fraction of sp³-hybridized carbons (Fsp3) is 0.520. The second-order valence-corrected chi connectivity index (χ2v) is 23.7. The summed E-state index contributed by atoms with van der Waals surface area (Å²) in [6.45, 7) is 12.5. The zero-order valence-corrected chi connectivity index (χ0v) is 44.9. The van der Waals surface area contributed by atoms with E-state index in [9.17, 15) is 34.2 Å². The topological polar surface area (TPSA) is 206 Å². The van der Waals surface area contributed by atoms with Gasteiger partial charge in [0.2, 0.25) is 0 Å². The van der Waals surface area contributed by atoms with Crippen LogP contribution in [0.3, 0.4) is 0 Å². The van der Waals surface area contributed by atoms with Gasteiger partial charge in [0.15, 0.2) is 0 Å². The minimum absolute atomic E-state index is 0.0158. The Kier molecular flexibility index (Phi) is 21.0. The minimum atomic E-state index is -1.03. The van der Waals surface area contributed by atoms with Crippen molar-refractivity contribution in [2.75, 3.05) is 24.6 Å². The Morgan fingerprint density at radius 3 is 1.49 bits per heavy atom. The third kappa shape index (κ3) is 15.8. The third-order valence-electron chi connectivity index (χ3n) is 12.3. The van der Waals surface area contributed by atoms with Gasteiger partial charge in [0, 0.05) is 6.54 Å². The van der Waals surface area contributed by atoms with Crippen molar-refractivity contribution in [3.05, 3.63) is 82.1 Å². The number of nitrogens with zero attached hydrogens (tertiary/aromatic N) is 4. The number of aliphatic hydroxyl groups is 2. The number of benzene rings is 2. The van der Waals surface area contributed by atoms with Crippen molar-refractivity contribution >= 4 is 78.4 Å². The summed E-state index contributed by atoms with van der Waals surface area (Å²) in [6, 6.07) is 12.0. The molecule has 0 aliphatic carbocycles. The van der Waals surface area contributed by atoms with Crippen LogP contribution in [0, 0.1) is 25.7 Å². The number of carbonyl (C=O) groups excluding carboxylic acids is 5. The van der Waals surface area contributed by atoms with Gasteiger partial charge in [0.05, 0.1) is 32.2 Å². The van der Waals surface area contributed by atoms with Gasteiger partial charge in [0.1, 0.15) is 0 Å². The summed E-state index contributed by atoms with van der Waals surface area (Å²) in [5, 5.41) is 33.7. The summed E-state index contributed by atoms with van der Waals surface area (Å²) in [5.74, 6) is -0.980. The summed E-state index contributed by atoms with van der Waals surface area (Å²) < 4.78 is 0.605. The van der Waals surface area contributed by atoms with Crippen LogP contribution in [0.25, 0.3) is 20.9 Å². The number of amides is 5. The normalized spacial score (nSPS) is 18.8. The Hall–Kier alpha value is -3.99.